The number of aryl methyl sites for hydroxylation is 1. The van der Waals surface area contributed by atoms with Crippen LogP contribution in [0.4, 0.5) is 5.69 Å². The summed E-state index contributed by atoms with van der Waals surface area (Å²) in [4.78, 5) is 37.9. The number of rotatable bonds is 4. The number of phenolic OH excluding ortho intramolecular Hbond substituents is 1. The lowest BCUT2D eigenvalue weighted by molar-refractivity contribution is 0.0672. The highest BCUT2D eigenvalue weighted by molar-refractivity contribution is 6.22. The van der Waals surface area contributed by atoms with E-state index >= 15 is 0 Å². The summed E-state index contributed by atoms with van der Waals surface area (Å²) < 4.78 is 0. The molecule has 0 fully saturated rings. The second kappa shape index (κ2) is 6.24. The van der Waals surface area contributed by atoms with Crippen LogP contribution in [-0.4, -0.2) is 34.3 Å². The molecule has 0 spiro atoms. The van der Waals surface area contributed by atoms with E-state index < -0.39 is 17.7 Å². The molecule has 0 unspecified atom stereocenters. The van der Waals surface area contributed by atoms with Crippen molar-refractivity contribution >= 4 is 23.4 Å². The van der Waals surface area contributed by atoms with Gasteiger partial charge < -0.3 is 10.4 Å². The Balaban J connectivity index is 1.88. The summed E-state index contributed by atoms with van der Waals surface area (Å²) in [5.74, 6) is -1.38. The van der Waals surface area contributed by atoms with Gasteiger partial charge in [-0.2, -0.15) is 0 Å². The van der Waals surface area contributed by atoms with Crippen molar-refractivity contribution in [1.29, 1.82) is 0 Å². The minimum atomic E-state index is -0.482. The Hall–Kier alpha value is -3.41. The summed E-state index contributed by atoms with van der Waals surface area (Å²) in [6.07, 6.45) is 1.47. The molecule has 6 nitrogen and oxygen atoms in total. The second-order valence-corrected chi connectivity index (χ2v) is 5.74. The number of carbonyl (C=O) groups excluding carboxylic acids is 3. The molecule has 0 aromatic heterocycles. The van der Waals surface area contributed by atoms with Gasteiger partial charge in [0.1, 0.15) is 5.75 Å². The van der Waals surface area contributed by atoms with Gasteiger partial charge in [0, 0.05) is 12.1 Å². The minimum absolute atomic E-state index is 0.0436. The molecule has 0 radical (unpaired) electrons. The number of anilines is 1. The quantitative estimate of drug-likeness (QED) is 0.511. The molecule has 1 aliphatic rings. The SMILES string of the molecule is C=CCN1C(=O)c2ccc(C(=O)Nc3ccc(C)cc3O)cc2C1=O. The van der Waals surface area contributed by atoms with E-state index in [1.165, 1.54) is 30.3 Å². The number of benzene rings is 2. The van der Waals surface area contributed by atoms with Gasteiger partial charge in [0.25, 0.3) is 17.7 Å². The molecular formula is C19H16N2O4. The molecule has 0 aliphatic carbocycles. The monoisotopic (exact) mass is 336 g/mol. The summed E-state index contributed by atoms with van der Waals surface area (Å²) in [5, 5.41) is 12.5. The molecule has 25 heavy (non-hydrogen) atoms. The lowest BCUT2D eigenvalue weighted by atomic mass is 10.1. The molecule has 0 bridgehead atoms. The van der Waals surface area contributed by atoms with E-state index in [1.54, 1.807) is 12.1 Å². The van der Waals surface area contributed by atoms with Crippen LogP contribution in [0.3, 0.4) is 0 Å². The van der Waals surface area contributed by atoms with Gasteiger partial charge in [0.2, 0.25) is 0 Å². The molecule has 2 aromatic rings. The highest BCUT2D eigenvalue weighted by atomic mass is 16.3. The molecule has 0 atom stereocenters. The van der Waals surface area contributed by atoms with E-state index in [1.807, 2.05) is 6.92 Å². The van der Waals surface area contributed by atoms with E-state index in [0.717, 1.165) is 10.5 Å². The van der Waals surface area contributed by atoms with Gasteiger partial charge in [-0.3, -0.25) is 19.3 Å². The van der Waals surface area contributed by atoms with Gasteiger partial charge in [0.15, 0.2) is 0 Å². The van der Waals surface area contributed by atoms with Gasteiger partial charge >= 0.3 is 0 Å². The first-order valence-corrected chi connectivity index (χ1v) is 7.64. The first-order valence-electron chi connectivity index (χ1n) is 7.64. The predicted octanol–water partition coefficient (Wildman–Crippen LogP) is 2.73. The Kier molecular flexibility index (Phi) is 4.10. The standard InChI is InChI=1S/C19H16N2O4/c1-3-8-21-18(24)13-6-5-12(10-14(13)19(21)25)17(23)20-15-7-4-11(2)9-16(15)22/h3-7,9-10,22H,1,8H2,2H3,(H,20,23). The molecule has 6 heteroatoms. The van der Waals surface area contributed by atoms with Crippen LogP contribution in [0.1, 0.15) is 36.6 Å². The third-order valence-electron chi connectivity index (χ3n) is 3.95. The number of phenols is 1. The average Bonchev–Trinajstić information content (AvgIpc) is 2.82. The van der Waals surface area contributed by atoms with Gasteiger partial charge in [-0.25, -0.2) is 0 Å². The lowest BCUT2D eigenvalue weighted by Crippen LogP contribution is -2.29. The smallest absolute Gasteiger partial charge is 0.261 e. The number of aromatic hydroxyl groups is 1. The zero-order valence-electron chi connectivity index (χ0n) is 13.6. The number of hydrogen-bond acceptors (Lipinski definition) is 4. The van der Waals surface area contributed by atoms with Gasteiger partial charge in [0.05, 0.1) is 16.8 Å². The number of nitrogens with one attached hydrogen (secondary N) is 1. The lowest BCUT2D eigenvalue weighted by Gasteiger charge is -2.09. The number of amides is 3. The second-order valence-electron chi connectivity index (χ2n) is 5.74. The van der Waals surface area contributed by atoms with Gasteiger partial charge in [-0.05, 0) is 42.8 Å². The van der Waals surface area contributed by atoms with Crippen molar-refractivity contribution in [3.05, 3.63) is 71.3 Å². The van der Waals surface area contributed by atoms with Crippen LogP contribution in [-0.2, 0) is 0 Å². The van der Waals surface area contributed by atoms with E-state index in [2.05, 4.69) is 11.9 Å². The Morgan fingerprint density at radius 1 is 1.16 bits per heavy atom. The van der Waals surface area contributed by atoms with Crippen molar-refractivity contribution in [2.45, 2.75) is 6.92 Å². The number of imide groups is 1. The molecule has 3 amide bonds. The van der Waals surface area contributed by atoms with Crippen LogP contribution >= 0.6 is 0 Å². The maximum atomic E-state index is 12.4. The first-order chi connectivity index (χ1) is 11.9. The molecule has 1 aliphatic heterocycles. The average molecular weight is 336 g/mol. The maximum absolute atomic E-state index is 12.4. The molecule has 2 aromatic carbocycles. The fourth-order valence-corrected chi connectivity index (χ4v) is 2.67. The summed E-state index contributed by atoms with van der Waals surface area (Å²) in [7, 11) is 0. The van der Waals surface area contributed by atoms with E-state index in [4.69, 9.17) is 0 Å². The van der Waals surface area contributed by atoms with Crippen LogP contribution in [0, 0.1) is 6.92 Å². The molecule has 0 saturated carbocycles. The zero-order chi connectivity index (χ0) is 18.1. The van der Waals surface area contributed by atoms with Crippen LogP contribution in [0.25, 0.3) is 0 Å². The summed E-state index contributed by atoms with van der Waals surface area (Å²) >= 11 is 0. The number of fused-ring (bicyclic) bond motifs is 1. The number of hydrogen-bond donors (Lipinski definition) is 2. The Morgan fingerprint density at radius 2 is 1.88 bits per heavy atom. The summed E-state index contributed by atoms with van der Waals surface area (Å²) in [6, 6.07) is 9.21. The van der Waals surface area contributed by atoms with Crippen molar-refractivity contribution in [2.24, 2.45) is 0 Å². The third kappa shape index (κ3) is 2.89. The van der Waals surface area contributed by atoms with Crippen LogP contribution in [0.15, 0.2) is 49.1 Å². The molecule has 3 rings (SSSR count). The predicted molar refractivity (Wildman–Crippen MR) is 92.8 cm³/mol. The van der Waals surface area contributed by atoms with Crippen LogP contribution < -0.4 is 5.32 Å². The van der Waals surface area contributed by atoms with Crippen molar-refractivity contribution in [1.82, 2.24) is 4.90 Å². The fraction of sp³-hybridized carbons (Fsp3) is 0.105. The summed E-state index contributed by atoms with van der Waals surface area (Å²) in [5.41, 5.74) is 1.81. The summed E-state index contributed by atoms with van der Waals surface area (Å²) in [6.45, 7) is 5.47. The van der Waals surface area contributed by atoms with Gasteiger partial charge in [-0.15, -0.1) is 6.58 Å². The molecular weight excluding hydrogens is 320 g/mol. The van der Waals surface area contributed by atoms with E-state index in [9.17, 15) is 19.5 Å². The van der Waals surface area contributed by atoms with Crippen molar-refractivity contribution in [3.63, 3.8) is 0 Å². The largest absolute Gasteiger partial charge is 0.506 e. The topological polar surface area (TPSA) is 86.7 Å². The fourth-order valence-electron chi connectivity index (χ4n) is 2.67. The molecule has 0 saturated heterocycles. The Labute approximate surface area is 144 Å². The van der Waals surface area contributed by atoms with Gasteiger partial charge in [-0.1, -0.05) is 12.1 Å². The Bertz CT molecular complexity index is 918. The van der Waals surface area contributed by atoms with Crippen LogP contribution in [0.5, 0.6) is 5.75 Å². The number of nitrogens with zero attached hydrogens (tertiary/aromatic N) is 1. The third-order valence-corrected chi connectivity index (χ3v) is 3.95. The highest BCUT2D eigenvalue weighted by Crippen LogP contribution is 2.26. The van der Waals surface area contributed by atoms with Crippen molar-refractivity contribution < 1.29 is 19.5 Å². The molecule has 2 N–H and O–H groups in total. The zero-order valence-corrected chi connectivity index (χ0v) is 13.6. The Morgan fingerprint density at radius 3 is 2.56 bits per heavy atom. The first kappa shape index (κ1) is 16.4. The minimum Gasteiger partial charge on any atom is -0.506 e. The van der Waals surface area contributed by atoms with E-state index in [0.29, 0.717) is 0 Å². The molecule has 126 valence electrons. The van der Waals surface area contributed by atoms with E-state index in [-0.39, 0.29) is 34.7 Å². The normalized spacial score (nSPS) is 12.9. The molecule has 1 heterocycles. The highest BCUT2D eigenvalue weighted by Gasteiger charge is 2.35. The van der Waals surface area contributed by atoms with Crippen molar-refractivity contribution in [2.75, 3.05) is 11.9 Å². The maximum Gasteiger partial charge on any atom is 0.261 e. The van der Waals surface area contributed by atoms with Crippen LogP contribution in [0.2, 0.25) is 0 Å². The number of carbonyl (C=O) groups is 3. The van der Waals surface area contributed by atoms with Crippen molar-refractivity contribution in [3.8, 4) is 5.75 Å².